The molecule has 0 radical (unpaired) electrons. The van der Waals surface area contributed by atoms with Crippen LogP contribution < -0.4 is 5.32 Å². The zero-order valence-corrected chi connectivity index (χ0v) is 12.0. The summed E-state index contributed by atoms with van der Waals surface area (Å²) in [5.41, 5.74) is 2.15. The Morgan fingerprint density at radius 1 is 1.33 bits per heavy atom. The van der Waals surface area contributed by atoms with Gasteiger partial charge in [-0.2, -0.15) is 0 Å². The fourth-order valence-corrected chi connectivity index (χ4v) is 2.44. The Bertz CT molecular complexity index is 501. The van der Waals surface area contributed by atoms with Gasteiger partial charge in [0.25, 0.3) is 0 Å². The molecule has 2 rings (SSSR count). The van der Waals surface area contributed by atoms with Crippen molar-refractivity contribution >= 4 is 17.3 Å². The number of aromatic nitrogens is 3. The van der Waals surface area contributed by atoms with Gasteiger partial charge >= 0.3 is 0 Å². The van der Waals surface area contributed by atoms with Crippen molar-refractivity contribution in [3.8, 4) is 0 Å². The molecular weight excluding hydrogens is 244 g/mol. The maximum absolute atomic E-state index is 4.51. The minimum absolute atomic E-state index is 0.791. The van der Waals surface area contributed by atoms with Crippen LogP contribution in [0.4, 0.5) is 5.95 Å². The van der Waals surface area contributed by atoms with E-state index in [9.17, 15) is 0 Å². The number of thiazole rings is 1. The first-order valence-corrected chi connectivity index (χ1v) is 7.25. The summed E-state index contributed by atoms with van der Waals surface area (Å²) in [6.45, 7) is 8.02. The first-order chi connectivity index (χ1) is 8.69. The lowest BCUT2D eigenvalue weighted by Gasteiger charge is -2.07. The van der Waals surface area contributed by atoms with E-state index in [1.54, 1.807) is 11.3 Å². The molecule has 0 fully saturated rings. The van der Waals surface area contributed by atoms with E-state index in [-0.39, 0.29) is 0 Å². The van der Waals surface area contributed by atoms with Gasteiger partial charge in [-0.3, -0.25) is 0 Å². The summed E-state index contributed by atoms with van der Waals surface area (Å²) in [5.74, 6) is 0.951. The van der Waals surface area contributed by atoms with Crippen molar-refractivity contribution in [2.75, 3.05) is 11.9 Å². The number of anilines is 1. The van der Waals surface area contributed by atoms with Crippen LogP contribution in [0.2, 0.25) is 0 Å². The number of hydrogen-bond donors (Lipinski definition) is 1. The zero-order chi connectivity index (χ0) is 13.0. The maximum Gasteiger partial charge on any atom is 0.203 e. The monoisotopic (exact) mass is 264 g/mol. The molecular formula is C13H20N4S. The molecule has 0 unspecified atom stereocenters. The van der Waals surface area contributed by atoms with E-state index in [0.717, 1.165) is 35.4 Å². The van der Waals surface area contributed by atoms with E-state index in [1.165, 1.54) is 12.8 Å². The zero-order valence-electron chi connectivity index (χ0n) is 11.2. The minimum Gasteiger partial charge on any atom is -0.356 e. The molecule has 0 atom stereocenters. The number of imidazole rings is 1. The lowest BCUT2D eigenvalue weighted by atomic mass is 10.3. The Hall–Kier alpha value is -1.36. The van der Waals surface area contributed by atoms with Gasteiger partial charge in [0.05, 0.1) is 22.9 Å². The van der Waals surface area contributed by atoms with Crippen molar-refractivity contribution in [3.63, 3.8) is 0 Å². The third-order valence-corrected chi connectivity index (χ3v) is 3.53. The van der Waals surface area contributed by atoms with Crippen molar-refractivity contribution in [3.05, 3.63) is 28.0 Å². The molecule has 0 spiro atoms. The molecule has 2 heterocycles. The molecule has 0 saturated carbocycles. The molecule has 0 aliphatic heterocycles. The Balaban J connectivity index is 2.06. The van der Waals surface area contributed by atoms with Crippen LogP contribution >= 0.6 is 11.3 Å². The topological polar surface area (TPSA) is 42.7 Å². The summed E-state index contributed by atoms with van der Waals surface area (Å²) in [5, 5.41) is 6.61. The van der Waals surface area contributed by atoms with Gasteiger partial charge in [-0.25, -0.2) is 9.97 Å². The lowest BCUT2D eigenvalue weighted by Crippen LogP contribution is -2.09. The van der Waals surface area contributed by atoms with Gasteiger partial charge in [-0.05, 0) is 20.3 Å². The molecule has 98 valence electrons. The highest BCUT2D eigenvalue weighted by Crippen LogP contribution is 2.14. The average Bonchev–Trinajstić information content (AvgIpc) is 2.87. The van der Waals surface area contributed by atoms with Crippen LogP contribution in [-0.4, -0.2) is 21.1 Å². The average molecular weight is 264 g/mol. The SMILES string of the molecule is CCCCNc1nc(C)cn1Cc1csc(C)n1. The predicted molar refractivity (Wildman–Crippen MR) is 76.3 cm³/mol. The largest absolute Gasteiger partial charge is 0.356 e. The lowest BCUT2D eigenvalue weighted by molar-refractivity contribution is 0.762. The summed E-state index contributed by atoms with van der Waals surface area (Å²) < 4.78 is 2.14. The Morgan fingerprint density at radius 3 is 2.83 bits per heavy atom. The van der Waals surface area contributed by atoms with Gasteiger partial charge in [0.15, 0.2) is 0 Å². The fraction of sp³-hybridized carbons (Fsp3) is 0.538. The Kier molecular flexibility index (Phi) is 4.36. The first kappa shape index (κ1) is 13.1. The summed E-state index contributed by atoms with van der Waals surface area (Å²) in [6, 6.07) is 0. The highest BCUT2D eigenvalue weighted by atomic mass is 32.1. The molecule has 4 nitrogen and oxygen atoms in total. The second-order valence-corrected chi connectivity index (χ2v) is 5.53. The Morgan fingerprint density at radius 2 is 2.17 bits per heavy atom. The van der Waals surface area contributed by atoms with Crippen LogP contribution in [0.15, 0.2) is 11.6 Å². The Labute approximate surface area is 112 Å². The molecule has 2 aromatic heterocycles. The highest BCUT2D eigenvalue weighted by molar-refractivity contribution is 7.09. The predicted octanol–water partition coefficient (Wildman–Crippen LogP) is 3.22. The van der Waals surface area contributed by atoms with Crippen LogP contribution in [0.25, 0.3) is 0 Å². The first-order valence-electron chi connectivity index (χ1n) is 6.37. The summed E-state index contributed by atoms with van der Waals surface area (Å²) >= 11 is 1.69. The fourth-order valence-electron chi connectivity index (χ4n) is 1.84. The number of aryl methyl sites for hydroxylation is 2. The number of hydrogen-bond acceptors (Lipinski definition) is 4. The number of nitrogens with zero attached hydrogens (tertiary/aromatic N) is 3. The van der Waals surface area contributed by atoms with E-state index >= 15 is 0 Å². The van der Waals surface area contributed by atoms with Crippen molar-refractivity contribution in [1.29, 1.82) is 0 Å². The molecule has 0 amide bonds. The normalized spacial score (nSPS) is 10.8. The van der Waals surface area contributed by atoms with Gasteiger partial charge in [-0.15, -0.1) is 11.3 Å². The van der Waals surface area contributed by atoms with Crippen molar-refractivity contribution < 1.29 is 0 Å². The molecule has 0 saturated heterocycles. The number of nitrogens with one attached hydrogen (secondary N) is 1. The van der Waals surface area contributed by atoms with Crippen LogP contribution in [0, 0.1) is 13.8 Å². The van der Waals surface area contributed by atoms with Gasteiger partial charge in [-0.1, -0.05) is 13.3 Å². The quantitative estimate of drug-likeness (QED) is 0.815. The molecule has 5 heteroatoms. The van der Waals surface area contributed by atoms with Gasteiger partial charge in [0, 0.05) is 18.1 Å². The molecule has 0 aliphatic rings. The smallest absolute Gasteiger partial charge is 0.203 e. The molecule has 0 bridgehead atoms. The molecule has 1 N–H and O–H groups in total. The second kappa shape index (κ2) is 6.00. The van der Waals surface area contributed by atoms with Crippen molar-refractivity contribution in [2.24, 2.45) is 0 Å². The van der Waals surface area contributed by atoms with Crippen molar-refractivity contribution in [1.82, 2.24) is 14.5 Å². The van der Waals surface area contributed by atoms with Gasteiger partial charge in [0.1, 0.15) is 0 Å². The van der Waals surface area contributed by atoms with Gasteiger partial charge < -0.3 is 9.88 Å². The van der Waals surface area contributed by atoms with E-state index in [1.807, 2.05) is 13.8 Å². The van der Waals surface area contributed by atoms with Crippen molar-refractivity contribution in [2.45, 2.75) is 40.2 Å². The van der Waals surface area contributed by atoms with E-state index < -0.39 is 0 Å². The summed E-state index contributed by atoms with van der Waals surface area (Å²) in [6.07, 6.45) is 4.43. The van der Waals surface area contributed by atoms with Gasteiger partial charge in [0.2, 0.25) is 5.95 Å². The number of rotatable bonds is 6. The van der Waals surface area contributed by atoms with E-state index in [4.69, 9.17) is 0 Å². The summed E-state index contributed by atoms with van der Waals surface area (Å²) in [4.78, 5) is 9.01. The molecule has 18 heavy (non-hydrogen) atoms. The molecule has 0 aromatic carbocycles. The molecule has 2 aromatic rings. The van der Waals surface area contributed by atoms with Crippen LogP contribution in [0.3, 0.4) is 0 Å². The van der Waals surface area contributed by atoms with Crippen LogP contribution in [-0.2, 0) is 6.54 Å². The molecule has 0 aliphatic carbocycles. The minimum atomic E-state index is 0.791. The van der Waals surface area contributed by atoms with E-state index in [2.05, 4.69) is 38.4 Å². The van der Waals surface area contributed by atoms with Crippen LogP contribution in [0.5, 0.6) is 0 Å². The van der Waals surface area contributed by atoms with Crippen LogP contribution in [0.1, 0.15) is 36.2 Å². The van der Waals surface area contributed by atoms with E-state index in [0.29, 0.717) is 0 Å². The standard InChI is InChI=1S/C13H20N4S/c1-4-5-6-14-13-15-10(2)7-17(13)8-12-9-18-11(3)16-12/h7,9H,4-6,8H2,1-3H3,(H,14,15). The second-order valence-electron chi connectivity index (χ2n) is 4.47. The highest BCUT2D eigenvalue weighted by Gasteiger charge is 2.07. The third-order valence-electron chi connectivity index (χ3n) is 2.71. The third kappa shape index (κ3) is 3.32. The number of unbranched alkanes of at least 4 members (excludes halogenated alkanes) is 1. The summed E-state index contributed by atoms with van der Waals surface area (Å²) in [7, 11) is 0. The maximum atomic E-state index is 4.51.